The Hall–Kier alpha value is -1.52. The van der Waals surface area contributed by atoms with Gasteiger partial charge in [-0.15, -0.1) is 0 Å². The molecule has 1 heterocycles. The smallest absolute Gasteiger partial charge is 0.145 e. The number of hydrogen-bond donors (Lipinski definition) is 1. The van der Waals surface area contributed by atoms with Crippen LogP contribution in [0.3, 0.4) is 0 Å². The van der Waals surface area contributed by atoms with Crippen molar-refractivity contribution in [2.24, 2.45) is 5.73 Å². The number of nitrogens with two attached hydrogens (primary N) is 1. The third-order valence-electron chi connectivity index (χ3n) is 2.31. The topological polar surface area (TPSA) is 48.4 Å². The molecule has 1 aromatic heterocycles. The van der Waals surface area contributed by atoms with Crippen LogP contribution in [0.25, 0.3) is 0 Å². The van der Waals surface area contributed by atoms with E-state index in [1.165, 1.54) is 12.1 Å². The highest BCUT2D eigenvalue weighted by atomic mass is 35.5. The van der Waals surface area contributed by atoms with E-state index >= 15 is 0 Å². The molecule has 0 aliphatic heterocycles. The normalized spacial score (nSPS) is 10.5. The van der Waals surface area contributed by atoms with Crippen LogP contribution in [0, 0.1) is 5.82 Å². The average Bonchev–Trinajstić information content (AvgIpc) is 2.78. The Morgan fingerprint density at radius 3 is 2.88 bits per heavy atom. The molecule has 3 nitrogen and oxygen atoms in total. The number of rotatable bonds is 4. The van der Waals surface area contributed by atoms with E-state index in [1.807, 2.05) is 0 Å². The Balaban J connectivity index is 2.05. The van der Waals surface area contributed by atoms with E-state index in [4.69, 9.17) is 26.5 Å². The standard InChI is InChI=1S/C12H11ClFNO2/c13-10-2-1-9(5-11(10)14)17-7-8-3-4-16-12(8)6-15/h1-5H,6-7,15H2. The lowest BCUT2D eigenvalue weighted by atomic mass is 10.2. The van der Waals surface area contributed by atoms with Crippen molar-refractivity contribution in [3.8, 4) is 5.75 Å². The van der Waals surface area contributed by atoms with E-state index < -0.39 is 5.82 Å². The molecule has 0 amide bonds. The molecule has 1 aromatic carbocycles. The molecule has 5 heteroatoms. The number of halogens is 2. The van der Waals surface area contributed by atoms with Crippen LogP contribution in [-0.2, 0) is 13.2 Å². The van der Waals surface area contributed by atoms with Gasteiger partial charge in [0, 0.05) is 11.6 Å². The molecule has 17 heavy (non-hydrogen) atoms. The van der Waals surface area contributed by atoms with Crippen molar-refractivity contribution in [3.05, 3.63) is 52.7 Å². The Morgan fingerprint density at radius 2 is 2.18 bits per heavy atom. The van der Waals surface area contributed by atoms with Gasteiger partial charge < -0.3 is 14.9 Å². The number of furan rings is 1. The fourth-order valence-electron chi connectivity index (χ4n) is 1.40. The summed E-state index contributed by atoms with van der Waals surface area (Å²) < 4.78 is 23.7. The minimum atomic E-state index is -0.504. The van der Waals surface area contributed by atoms with Gasteiger partial charge in [-0.05, 0) is 18.2 Å². The summed E-state index contributed by atoms with van der Waals surface area (Å²) in [6, 6.07) is 6.07. The van der Waals surface area contributed by atoms with Crippen LogP contribution in [0.15, 0.2) is 34.9 Å². The van der Waals surface area contributed by atoms with E-state index in [0.29, 0.717) is 18.1 Å². The fourth-order valence-corrected chi connectivity index (χ4v) is 1.52. The van der Waals surface area contributed by atoms with Crippen LogP contribution in [0.1, 0.15) is 11.3 Å². The molecule has 0 saturated heterocycles. The Labute approximate surface area is 103 Å². The lowest BCUT2D eigenvalue weighted by molar-refractivity contribution is 0.300. The maximum Gasteiger partial charge on any atom is 0.145 e. The zero-order chi connectivity index (χ0) is 12.3. The van der Waals surface area contributed by atoms with Crippen LogP contribution in [0.4, 0.5) is 4.39 Å². The van der Waals surface area contributed by atoms with Crippen molar-refractivity contribution in [2.45, 2.75) is 13.2 Å². The summed E-state index contributed by atoms with van der Waals surface area (Å²) in [5.41, 5.74) is 6.33. The minimum absolute atomic E-state index is 0.0725. The molecule has 0 bridgehead atoms. The van der Waals surface area contributed by atoms with Gasteiger partial charge in [0.25, 0.3) is 0 Å². The first-order valence-electron chi connectivity index (χ1n) is 5.04. The third-order valence-corrected chi connectivity index (χ3v) is 2.62. The molecule has 0 unspecified atom stereocenters. The molecule has 0 spiro atoms. The summed E-state index contributed by atoms with van der Waals surface area (Å²) in [6.07, 6.45) is 1.54. The number of ether oxygens (including phenoxy) is 1. The highest BCUT2D eigenvalue weighted by molar-refractivity contribution is 6.30. The monoisotopic (exact) mass is 255 g/mol. The first-order valence-corrected chi connectivity index (χ1v) is 5.41. The molecule has 0 aliphatic rings. The maximum absolute atomic E-state index is 13.1. The predicted octanol–water partition coefficient (Wildman–Crippen LogP) is 3.11. The first-order chi connectivity index (χ1) is 8.20. The lowest BCUT2D eigenvalue weighted by Gasteiger charge is -2.06. The molecule has 90 valence electrons. The summed E-state index contributed by atoms with van der Waals surface area (Å²) in [6.45, 7) is 0.588. The number of benzene rings is 1. The van der Waals surface area contributed by atoms with Gasteiger partial charge in [0.2, 0.25) is 0 Å². The average molecular weight is 256 g/mol. The summed E-state index contributed by atoms with van der Waals surface area (Å²) in [5, 5.41) is 0.0725. The largest absolute Gasteiger partial charge is 0.489 e. The van der Waals surface area contributed by atoms with Gasteiger partial charge in [-0.25, -0.2) is 4.39 Å². The van der Waals surface area contributed by atoms with Gasteiger partial charge in [-0.1, -0.05) is 11.6 Å². The molecule has 0 atom stereocenters. The molecule has 2 aromatic rings. The van der Waals surface area contributed by atoms with Gasteiger partial charge in [0.15, 0.2) is 0 Å². The summed E-state index contributed by atoms with van der Waals surface area (Å²) in [5.74, 6) is 0.575. The van der Waals surface area contributed by atoms with Crippen molar-refractivity contribution in [2.75, 3.05) is 0 Å². The van der Waals surface area contributed by atoms with E-state index in [9.17, 15) is 4.39 Å². The van der Waals surface area contributed by atoms with Crippen molar-refractivity contribution in [1.29, 1.82) is 0 Å². The van der Waals surface area contributed by atoms with E-state index in [-0.39, 0.29) is 11.6 Å². The quantitative estimate of drug-likeness (QED) is 0.913. The zero-order valence-electron chi connectivity index (χ0n) is 8.95. The first kappa shape index (κ1) is 12.0. The van der Waals surface area contributed by atoms with Gasteiger partial charge in [0.1, 0.15) is 23.9 Å². The molecule has 0 fully saturated rings. The fraction of sp³-hybridized carbons (Fsp3) is 0.167. The van der Waals surface area contributed by atoms with Crippen LogP contribution < -0.4 is 10.5 Å². The van der Waals surface area contributed by atoms with Gasteiger partial charge >= 0.3 is 0 Å². The SMILES string of the molecule is NCc1occc1COc1ccc(Cl)c(F)c1. The van der Waals surface area contributed by atoms with Crippen molar-refractivity contribution in [1.82, 2.24) is 0 Å². The zero-order valence-corrected chi connectivity index (χ0v) is 9.71. The molecular formula is C12H11ClFNO2. The highest BCUT2D eigenvalue weighted by Gasteiger charge is 2.06. The van der Waals surface area contributed by atoms with E-state index in [1.54, 1.807) is 18.4 Å². The van der Waals surface area contributed by atoms with Crippen LogP contribution in [-0.4, -0.2) is 0 Å². The van der Waals surface area contributed by atoms with E-state index in [0.717, 1.165) is 5.56 Å². The summed E-state index contributed by atoms with van der Waals surface area (Å²) in [7, 11) is 0. The molecule has 2 rings (SSSR count). The van der Waals surface area contributed by atoms with E-state index in [2.05, 4.69) is 0 Å². The highest BCUT2D eigenvalue weighted by Crippen LogP contribution is 2.21. The third kappa shape index (κ3) is 2.78. The Morgan fingerprint density at radius 1 is 1.35 bits per heavy atom. The lowest BCUT2D eigenvalue weighted by Crippen LogP contribution is -2.02. The maximum atomic E-state index is 13.1. The second kappa shape index (κ2) is 5.21. The number of hydrogen-bond acceptors (Lipinski definition) is 3. The summed E-state index contributed by atoms with van der Waals surface area (Å²) >= 11 is 5.57. The predicted molar refractivity (Wildman–Crippen MR) is 62.3 cm³/mol. The van der Waals surface area contributed by atoms with Gasteiger partial charge in [0.05, 0.1) is 17.8 Å². The molecule has 0 aliphatic carbocycles. The van der Waals surface area contributed by atoms with Crippen LogP contribution >= 0.6 is 11.6 Å². The summed E-state index contributed by atoms with van der Waals surface area (Å²) in [4.78, 5) is 0. The molecule has 0 saturated carbocycles. The van der Waals surface area contributed by atoms with Gasteiger partial charge in [-0.2, -0.15) is 0 Å². The van der Waals surface area contributed by atoms with Crippen molar-refractivity contribution < 1.29 is 13.5 Å². The molecular weight excluding hydrogens is 245 g/mol. The molecule has 2 N–H and O–H groups in total. The Kier molecular flexibility index (Phi) is 3.66. The van der Waals surface area contributed by atoms with Crippen LogP contribution in [0.2, 0.25) is 5.02 Å². The van der Waals surface area contributed by atoms with Crippen molar-refractivity contribution in [3.63, 3.8) is 0 Å². The van der Waals surface area contributed by atoms with Crippen LogP contribution in [0.5, 0.6) is 5.75 Å². The van der Waals surface area contributed by atoms with Gasteiger partial charge in [-0.3, -0.25) is 0 Å². The second-order valence-electron chi connectivity index (χ2n) is 3.44. The second-order valence-corrected chi connectivity index (χ2v) is 3.84. The molecule has 0 radical (unpaired) electrons. The Bertz CT molecular complexity index is 513. The van der Waals surface area contributed by atoms with Crippen molar-refractivity contribution >= 4 is 11.6 Å². The minimum Gasteiger partial charge on any atom is -0.489 e.